The molecule has 1 atom stereocenters. The molecule has 30 heavy (non-hydrogen) atoms. The van der Waals surface area contributed by atoms with Gasteiger partial charge in [0.1, 0.15) is 22.8 Å². The number of aliphatic hydroxyl groups excluding tert-OH is 1. The summed E-state index contributed by atoms with van der Waals surface area (Å²) >= 11 is 0. The van der Waals surface area contributed by atoms with Crippen molar-refractivity contribution in [3.8, 4) is 28.7 Å². The number of carbonyl (C=O) groups is 2. The number of aliphatic carboxylic acids is 1. The molecule has 156 valence electrons. The Morgan fingerprint density at radius 3 is 2.23 bits per heavy atom. The average Bonchev–Trinajstić information content (AvgIpc) is 2.65. The molecule has 0 radical (unpaired) electrons. The Morgan fingerprint density at radius 2 is 1.70 bits per heavy atom. The van der Waals surface area contributed by atoms with E-state index in [4.69, 9.17) is 14.6 Å². The number of aliphatic hydroxyl groups is 1. The van der Waals surface area contributed by atoms with E-state index < -0.39 is 29.4 Å². The number of ether oxygens (including phenoxy) is 2. The molecular weight excluding hydrogens is 407 g/mol. The Bertz CT molecular complexity index is 875. The number of rotatable bonds is 10. The van der Waals surface area contributed by atoms with Crippen molar-refractivity contribution >= 4 is 11.8 Å². The molecule has 0 heterocycles. The number of Topliss-reactive ketones (excluding diaryl/α,β-unsaturated/α-hetero) is 1. The number of carboxylic acids is 1. The molecule has 2 aromatic carbocycles. The molecular formula is C20H21NaO9. The summed E-state index contributed by atoms with van der Waals surface area (Å²) in [4.78, 5) is 22.8. The van der Waals surface area contributed by atoms with E-state index in [1.807, 2.05) is 0 Å². The molecule has 9 nitrogen and oxygen atoms in total. The molecule has 2 rings (SSSR count). The van der Waals surface area contributed by atoms with Gasteiger partial charge in [-0.25, -0.2) is 0 Å². The summed E-state index contributed by atoms with van der Waals surface area (Å²) < 4.78 is 10.1. The third-order valence-electron chi connectivity index (χ3n) is 4.17. The maximum atomic E-state index is 12.4. The first-order valence-electron chi connectivity index (χ1n) is 8.69. The maximum Gasteiger partial charge on any atom is 1.00 e. The van der Waals surface area contributed by atoms with Crippen LogP contribution < -0.4 is 44.1 Å². The number of methoxy groups -OCH3 is 1. The molecule has 2 aromatic rings. The number of phenolic OH excluding ortho intramolecular Hbond substituents is 3. The van der Waals surface area contributed by atoms with Crippen molar-refractivity contribution < 1.29 is 74.2 Å². The van der Waals surface area contributed by atoms with Crippen molar-refractivity contribution in [1.29, 1.82) is 0 Å². The quantitative estimate of drug-likeness (QED) is 0.237. The first-order chi connectivity index (χ1) is 13.7. The van der Waals surface area contributed by atoms with E-state index in [1.165, 1.54) is 13.2 Å². The predicted octanol–water partition coefficient (Wildman–Crippen LogP) is -2.49. The van der Waals surface area contributed by atoms with Crippen LogP contribution in [-0.4, -0.2) is 52.0 Å². The summed E-state index contributed by atoms with van der Waals surface area (Å²) in [6, 6.07) is 6.93. The standard InChI is InChI=1S/C20H22O9.Na/c1-28-18-5-3-11(8-15(18)23)2-4-13(21)19-16(24)9-12(10-17(19)25)29-7-6-14(22)20(26)27;/h3,5,8-10,14,22-25H,2,4,6-7H2,1H3,(H,26,27);/q;+1/p-1. The minimum absolute atomic E-state index is 0. The van der Waals surface area contributed by atoms with Gasteiger partial charge in [0, 0.05) is 25.0 Å². The van der Waals surface area contributed by atoms with Gasteiger partial charge < -0.3 is 39.8 Å². The number of carbonyl (C=O) groups excluding carboxylic acids is 2. The van der Waals surface area contributed by atoms with Crippen LogP contribution in [0.25, 0.3) is 0 Å². The number of phenols is 3. The molecule has 0 amide bonds. The minimum Gasteiger partial charge on any atom is -0.547 e. The normalized spacial score (nSPS) is 11.3. The largest absolute Gasteiger partial charge is 1.00 e. The molecule has 4 N–H and O–H groups in total. The second kappa shape index (κ2) is 11.7. The van der Waals surface area contributed by atoms with Crippen LogP contribution in [0.2, 0.25) is 0 Å². The number of carboxylic acid groups (broad SMARTS) is 1. The van der Waals surface area contributed by atoms with Crippen LogP contribution in [0.4, 0.5) is 0 Å². The molecule has 0 bridgehead atoms. The molecule has 0 saturated heterocycles. The van der Waals surface area contributed by atoms with Gasteiger partial charge >= 0.3 is 29.6 Å². The summed E-state index contributed by atoms with van der Waals surface area (Å²) in [5, 5.41) is 49.5. The van der Waals surface area contributed by atoms with Gasteiger partial charge in [-0.1, -0.05) is 6.07 Å². The maximum absolute atomic E-state index is 12.4. The second-order valence-corrected chi connectivity index (χ2v) is 6.24. The van der Waals surface area contributed by atoms with Crippen LogP contribution in [0.15, 0.2) is 30.3 Å². The first kappa shape index (κ1) is 25.6. The number of hydrogen-bond acceptors (Lipinski definition) is 9. The molecule has 0 aliphatic heterocycles. The Labute approximate surface area is 194 Å². The minimum atomic E-state index is -1.70. The van der Waals surface area contributed by atoms with E-state index in [2.05, 4.69) is 0 Å². The number of aromatic hydroxyl groups is 3. The third-order valence-corrected chi connectivity index (χ3v) is 4.17. The van der Waals surface area contributed by atoms with E-state index in [0.29, 0.717) is 11.3 Å². The van der Waals surface area contributed by atoms with Crippen molar-refractivity contribution in [2.45, 2.75) is 25.4 Å². The van der Waals surface area contributed by atoms with Gasteiger partial charge in [0.25, 0.3) is 0 Å². The topological polar surface area (TPSA) is 157 Å². The van der Waals surface area contributed by atoms with Crippen molar-refractivity contribution in [3.63, 3.8) is 0 Å². The fourth-order valence-corrected chi connectivity index (χ4v) is 2.64. The van der Waals surface area contributed by atoms with E-state index in [-0.39, 0.29) is 72.5 Å². The van der Waals surface area contributed by atoms with Crippen LogP contribution in [0.3, 0.4) is 0 Å². The van der Waals surface area contributed by atoms with Gasteiger partial charge in [0.2, 0.25) is 0 Å². The summed E-state index contributed by atoms with van der Waals surface area (Å²) in [7, 11) is 1.42. The Kier molecular flexibility index (Phi) is 9.94. The van der Waals surface area contributed by atoms with Gasteiger partial charge in [-0.3, -0.25) is 4.79 Å². The predicted molar refractivity (Wildman–Crippen MR) is 98.2 cm³/mol. The van der Waals surface area contributed by atoms with Crippen LogP contribution in [0.5, 0.6) is 28.7 Å². The molecule has 10 heteroatoms. The zero-order chi connectivity index (χ0) is 21.6. The Hall–Kier alpha value is -2.46. The molecule has 1 unspecified atom stereocenters. The monoisotopic (exact) mass is 428 g/mol. The van der Waals surface area contributed by atoms with Crippen molar-refractivity contribution in [3.05, 3.63) is 41.5 Å². The Morgan fingerprint density at radius 1 is 1.07 bits per heavy atom. The average molecular weight is 428 g/mol. The fraction of sp³-hybridized carbons (Fsp3) is 0.300. The number of aryl methyl sites for hydroxylation is 1. The molecule has 0 saturated carbocycles. The van der Waals surface area contributed by atoms with Gasteiger partial charge in [0.15, 0.2) is 17.3 Å². The molecule has 0 aliphatic rings. The van der Waals surface area contributed by atoms with E-state index in [9.17, 15) is 30.0 Å². The van der Waals surface area contributed by atoms with Crippen molar-refractivity contribution in [2.24, 2.45) is 0 Å². The molecule has 0 aliphatic carbocycles. The molecule has 0 spiro atoms. The molecule has 0 fully saturated rings. The van der Waals surface area contributed by atoms with E-state index in [1.54, 1.807) is 12.1 Å². The van der Waals surface area contributed by atoms with Crippen LogP contribution in [0, 0.1) is 0 Å². The van der Waals surface area contributed by atoms with Crippen molar-refractivity contribution in [2.75, 3.05) is 13.7 Å². The molecule has 0 aromatic heterocycles. The van der Waals surface area contributed by atoms with E-state index >= 15 is 0 Å². The fourth-order valence-electron chi connectivity index (χ4n) is 2.64. The van der Waals surface area contributed by atoms with Crippen molar-refractivity contribution in [1.82, 2.24) is 0 Å². The van der Waals surface area contributed by atoms with Gasteiger partial charge in [0.05, 0.1) is 25.8 Å². The van der Waals surface area contributed by atoms with Crippen LogP contribution in [0.1, 0.15) is 28.8 Å². The third kappa shape index (κ3) is 6.81. The van der Waals surface area contributed by atoms with Gasteiger partial charge in [-0.2, -0.15) is 0 Å². The number of hydrogen-bond donors (Lipinski definition) is 4. The van der Waals surface area contributed by atoms with Crippen LogP contribution in [-0.2, 0) is 11.2 Å². The first-order valence-corrected chi connectivity index (χ1v) is 8.69. The second-order valence-electron chi connectivity index (χ2n) is 6.24. The zero-order valence-corrected chi connectivity index (χ0v) is 18.6. The van der Waals surface area contributed by atoms with E-state index in [0.717, 1.165) is 12.1 Å². The van der Waals surface area contributed by atoms with Crippen LogP contribution >= 0.6 is 0 Å². The number of benzene rings is 2. The number of ketones is 1. The summed E-state index contributed by atoms with van der Waals surface area (Å²) in [6.07, 6.45) is -1.73. The summed E-state index contributed by atoms with van der Waals surface area (Å²) in [5.41, 5.74) is 0.395. The van der Waals surface area contributed by atoms with Gasteiger partial charge in [-0.05, 0) is 24.1 Å². The Balaban J connectivity index is 0.00000450. The van der Waals surface area contributed by atoms with Gasteiger partial charge in [-0.15, -0.1) is 0 Å². The summed E-state index contributed by atoms with van der Waals surface area (Å²) in [5.74, 6) is -2.90. The zero-order valence-electron chi connectivity index (χ0n) is 16.6. The smallest absolute Gasteiger partial charge is 0.547 e. The summed E-state index contributed by atoms with van der Waals surface area (Å²) in [6.45, 7) is -0.206. The SMILES string of the molecule is COc1ccc(CCC(=O)c2c(O)cc(OCCC(O)C(=O)[O-])cc2O)cc1O.[Na+].